The molecule has 0 spiro atoms. The van der Waals surface area contributed by atoms with Crippen molar-refractivity contribution in [3.8, 4) is 0 Å². The van der Waals surface area contributed by atoms with E-state index < -0.39 is 10.1 Å². The molecule has 1 N–H and O–H groups in total. The first kappa shape index (κ1) is 18.7. The van der Waals surface area contributed by atoms with Crippen LogP contribution < -0.4 is 0 Å². The Morgan fingerprint density at radius 2 is 1.26 bits per heavy atom. The highest BCUT2D eigenvalue weighted by Crippen LogP contribution is 2.11. The van der Waals surface area contributed by atoms with Crippen LogP contribution in [0.2, 0.25) is 0 Å². The molecule has 4 heteroatoms. The highest BCUT2D eigenvalue weighted by Gasteiger charge is 1.98. The molecule has 0 radical (unpaired) electrons. The fourth-order valence-corrected chi connectivity index (χ4v) is 2.44. The minimum absolute atomic E-state index is 0.259. The van der Waals surface area contributed by atoms with Gasteiger partial charge in [0.05, 0.1) is 5.75 Å². The lowest BCUT2D eigenvalue weighted by molar-refractivity contribution is 0.486. The Balaban J connectivity index is 3.15. The summed E-state index contributed by atoms with van der Waals surface area (Å²) in [6.45, 7) is 2.24. The minimum Gasteiger partial charge on any atom is -0.285 e. The molecular formula is C15H30O3S. The first-order valence-electron chi connectivity index (χ1n) is 7.66. The van der Waals surface area contributed by atoms with Gasteiger partial charge in [-0.1, -0.05) is 76.9 Å². The molecule has 0 amide bonds. The third kappa shape index (κ3) is 17.6. The van der Waals surface area contributed by atoms with Crippen LogP contribution in [0.25, 0.3) is 0 Å². The standard InChI is InChI=1S/C15H30O3S/c1-2-3-4-5-6-7-8-9-10-11-12-13-14-15-19(16,17)18/h13-14H,2-12,15H2,1H3,(H,16,17,18). The van der Waals surface area contributed by atoms with E-state index in [0.29, 0.717) is 0 Å². The van der Waals surface area contributed by atoms with Gasteiger partial charge < -0.3 is 0 Å². The van der Waals surface area contributed by atoms with Crippen molar-refractivity contribution in [2.75, 3.05) is 5.75 Å². The Morgan fingerprint density at radius 3 is 1.74 bits per heavy atom. The van der Waals surface area contributed by atoms with Gasteiger partial charge in [-0.2, -0.15) is 8.42 Å². The molecular weight excluding hydrogens is 260 g/mol. The maximum absolute atomic E-state index is 10.4. The zero-order valence-corrected chi connectivity index (χ0v) is 13.1. The Hall–Kier alpha value is -0.350. The van der Waals surface area contributed by atoms with E-state index in [9.17, 15) is 8.42 Å². The van der Waals surface area contributed by atoms with Gasteiger partial charge in [0.25, 0.3) is 10.1 Å². The van der Waals surface area contributed by atoms with Crippen molar-refractivity contribution in [1.29, 1.82) is 0 Å². The lowest BCUT2D eigenvalue weighted by atomic mass is 10.1. The molecule has 0 heterocycles. The van der Waals surface area contributed by atoms with Crippen LogP contribution in [-0.2, 0) is 10.1 Å². The van der Waals surface area contributed by atoms with E-state index in [4.69, 9.17) is 4.55 Å². The average Bonchev–Trinajstić information content (AvgIpc) is 2.34. The normalized spacial score (nSPS) is 12.3. The van der Waals surface area contributed by atoms with Gasteiger partial charge in [-0.3, -0.25) is 4.55 Å². The quantitative estimate of drug-likeness (QED) is 0.303. The Kier molecular flexibility index (Phi) is 12.4. The smallest absolute Gasteiger partial charge is 0.268 e. The fourth-order valence-electron chi connectivity index (χ4n) is 2.06. The van der Waals surface area contributed by atoms with Crippen molar-refractivity contribution >= 4 is 10.1 Å². The van der Waals surface area contributed by atoms with Gasteiger partial charge in [-0.05, 0) is 12.8 Å². The summed E-state index contributed by atoms with van der Waals surface area (Å²) in [4.78, 5) is 0. The van der Waals surface area contributed by atoms with Crippen molar-refractivity contribution in [1.82, 2.24) is 0 Å². The van der Waals surface area contributed by atoms with E-state index in [-0.39, 0.29) is 5.75 Å². The molecule has 0 unspecified atom stereocenters. The third-order valence-corrected chi connectivity index (χ3v) is 3.81. The van der Waals surface area contributed by atoms with E-state index in [0.717, 1.165) is 12.8 Å². The molecule has 3 nitrogen and oxygen atoms in total. The highest BCUT2D eigenvalue weighted by atomic mass is 32.2. The number of rotatable bonds is 13. The van der Waals surface area contributed by atoms with Crippen molar-refractivity contribution in [3.05, 3.63) is 12.2 Å². The Bertz CT molecular complexity index is 307. The van der Waals surface area contributed by atoms with Crippen LogP contribution in [0.5, 0.6) is 0 Å². The summed E-state index contributed by atoms with van der Waals surface area (Å²) >= 11 is 0. The van der Waals surface area contributed by atoms with Crippen molar-refractivity contribution in [2.45, 2.75) is 77.6 Å². The van der Waals surface area contributed by atoms with Gasteiger partial charge >= 0.3 is 0 Å². The SMILES string of the molecule is CCCCCCCCCCCCC=CCS(=O)(=O)O. The van der Waals surface area contributed by atoms with E-state index >= 15 is 0 Å². The van der Waals surface area contributed by atoms with Crippen molar-refractivity contribution in [3.63, 3.8) is 0 Å². The van der Waals surface area contributed by atoms with Crippen LogP contribution in [0.3, 0.4) is 0 Å². The summed E-state index contributed by atoms with van der Waals surface area (Å²) in [7, 11) is -3.83. The van der Waals surface area contributed by atoms with E-state index in [1.54, 1.807) is 0 Å². The number of hydrogen-bond donors (Lipinski definition) is 1. The van der Waals surface area contributed by atoms with E-state index in [1.807, 2.05) is 6.08 Å². The Labute approximate surface area is 119 Å². The zero-order valence-electron chi connectivity index (χ0n) is 12.3. The van der Waals surface area contributed by atoms with Crippen molar-refractivity contribution < 1.29 is 13.0 Å². The molecule has 114 valence electrons. The molecule has 0 bridgehead atoms. The van der Waals surface area contributed by atoms with Crippen LogP contribution in [0.1, 0.15) is 77.6 Å². The maximum Gasteiger partial charge on any atom is 0.268 e. The van der Waals surface area contributed by atoms with Gasteiger partial charge in [0.2, 0.25) is 0 Å². The molecule has 0 aliphatic carbocycles. The van der Waals surface area contributed by atoms with E-state index in [1.165, 1.54) is 63.9 Å². The number of unbranched alkanes of at least 4 members (excludes halogenated alkanes) is 10. The summed E-state index contributed by atoms with van der Waals surface area (Å²) in [5.74, 6) is -0.259. The monoisotopic (exact) mass is 290 g/mol. The summed E-state index contributed by atoms with van der Waals surface area (Å²) in [6, 6.07) is 0. The molecule has 0 atom stereocenters. The van der Waals surface area contributed by atoms with Gasteiger partial charge in [0, 0.05) is 0 Å². The second-order valence-corrected chi connectivity index (χ2v) is 6.69. The van der Waals surface area contributed by atoms with Crippen LogP contribution >= 0.6 is 0 Å². The van der Waals surface area contributed by atoms with Gasteiger partial charge in [0.1, 0.15) is 0 Å². The molecule has 0 fully saturated rings. The van der Waals surface area contributed by atoms with Crippen LogP contribution in [-0.4, -0.2) is 18.7 Å². The average molecular weight is 290 g/mol. The van der Waals surface area contributed by atoms with Crippen molar-refractivity contribution in [2.24, 2.45) is 0 Å². The predicted octanol–water partition coefficient (Wildman–Crippen LogP) is 4.74. The lowest BCUT2D eigenvalue weighted by Crippen LogP contribution is -1.99. The third-order valence-electron chi connectivity index (χ3n) is 3.20. The zero-order chi connectivity index (χ0) is 14.4. The Morgan fingerprint density at radius 1 is 0.789 bits per heavy atom. The molecule has 19 heavy (non-hydrogen) atoms. The summed E-state index contributed by atoms with van der Waals surface area (Å²) in [5, 5.41) is 0. The molecule has 0 aromatic rings. The second kappa shape index (κ2) is 12.7. The summed E-state index contributed by atoms with van der Waals surface area (Å²) < 4.78 is 29.4. The summed E-state index contributed by atoms with van der Waals surface area (Å²) in [5.41, 5.74) is 0. The lowest BCUT2D eigenvalue weighted by Gasteiger charge is -2.01. The molecule has 0 rings (SSSR count). The largest absolute Gasteiger partial charge is 0.285 e. The van der Waals surface area contributed by atoms with Gasteiger partial charge in [-0.15, -0.1) is 0 Å². The molecule has 0 aromatic heterocycles. The molecule has 0 saturated heterocycles. The van der Waals surface area contributed by atoms with Gasteiger partial charge in [-0.25, -0.2) is 0 Å². The fraction of sp³-hybridized carbons (Fsp3) is 0.867. The number of hydrogen-bond acceptors (Lipinski definition) is 2. The molecule has 0 saturated carbocycles. The molecule has 0 aliphatic rings. The molecule has 0 aromatic carbocycles. The topological polar surface area (TPSA) is 54.4 Å². The number of allylic oxidation sites excluding steroid dienone is 1. The first-order valence-corrected chi connectivity index (χ1v) is 9.27. The maximum atomic E-state index is 10.4. The highest BCUT2D eigenvalue weighted by molar-refractivity contribution is 7.85. The van der Waals surface area contributed by atoms with Crippen LogP contribution in [0.15, 0.2) is 12.2 Å². The van der Waals surface area contributed by atoms with Crippen LogP contribution in [0.4, 0.5) is 0 Å². The summed E-state index contributed by atoms with van der Waals surface area (Å²) in [6.07, 6.45) is 17.4. The minimum atomic E-state index is -3.83. The first-order chi connectivity index (χ1) is 9.06. The van der Waals surface area contributed by atoms with Crippen LogP contribution in [0, 0.1) is 0 Å². The molecule has 0 aliphatic heterocycles. The predicted molar refractivity (Wildman–Crippen MR) is 82.0 cm³/mol. The van der Waals surface area contributed by atoms with Gasteiger partial charge in [0.15, 0.2) is 0 Å². The van der Waals surface area contributed by atoms with E-state index in [2.05, 4.69) is 6.92 Å². The second-order valence-electron chi connectivity index (χ2n) is 5.19.